The summed E-state index contributed by atoms with van der Waals surface area (Å²) in [5, 5.41) is 12.9. The van der Waals surface area contributed by atoms with Gasteiger partial charge >= 0.3 is 0 Å². The van der Waals surface area contributed by atoms with E-state index in [9.17, 15) is 4.39 Å². The van der Waals surface area contributed by atoms with Crippen molar-refractivity contribution in [1.82, 2.24) is 20.0 Å². The van der Waals surface area contributed by atoms with Crippen LogP contribution < -0.4 is 5.32 Å². The molecule has 0 unspecified atom stereocenters. The fourth-order valence-corrected chi connectivity index (χ4v) is 2.87. The number of para-hydroxylation sites is 1. The van der Waals surface area contributed by atoms with Gasteiger partial charge in [-0.1, -0.05) is 23.4 Å². The Morgan fingerprint density at radius 3 is 2.73 bits per heavy atom. The summed E-state index contributed by atoms with van der Waals surface area (Å²) in [4.78, 5) is 4.44. The molecule has 0 spiro atoms. The lowest BCUT2D eigenvalue weighted by molar-refractivity contribution is 0.570. The largest absolute Gasteiger partial charge is 0.383 e. The lowest BCUT2D eigenvalue weighted by atomic mass is 10.2. The Bertz CT molecular complexity index is 1000. The molecule has 1 N–H and O–H groups in total. The summed E-state index contributed by atoms with van der Waals surface area (Å²) < 4.78 is 14.8. The maximum Gasteiger partial charge on any atom is 0.123 e. The van der Waals surface area contributed by atoms with Crippen LogP contribution in [-0.2, 0) is 6.54 Å². The van der Waals surface area contributed by atoms with Crippen LogP contribution in [0.3, 0.4) is 0 Å². The van der Waals surface area contributed by atoms with E-state index >= 15 is 0 Å². The van der Waals surface area contributed by atoms with Crippen LogP contribution in [0, 0.1) is 5.82 Å². The van der Waals surface area contributed by atoms with Crippen LogP contribution in [0.25, 0.3) is 22.2 Å². The molecule has 2 heterocycles. The Labute approximate surface area is 150 Å². The molecule has 4 aromatic rings. The normalized spacial score (nSPS) is 11.0. The predicted octanol–water partition coefficient (Wildman–Crippen LogP) is 4.13. The van der Waals surface area contributed by atoms with Crippen molar-refractivity contribution < 1.29 is 4.39 Å². The topological polar surface area (TPSA) is 55.6 Å². The van der Waals surface area contributed by atoms with Gasteiger partial charge in [-0.2, -0.15) is 0 Å². The molecule has 26 heavy (non-hydrogen) atoms. The van der Waals surface area contributed by atoms with E-state index < -0.39 is 0 Å². The molecule has 0 fully saturated rings. The average Bonchev–Trinajstić information content (AvgIpc) is 3.15. The average molecular weight is 347 g/mol. The Hall–Kier alpha value is -3.28. The molecule has 6 heteroatoms. The molecule has 0 radical (unpaired) electrons. The van der Waals surface area contributed by atoms with Gasteiger partial charge in [-0.05, 0) is 42.8 Å². The summed E-state index contributed by atoms with van der Waals surface area (Å²) in [6.07, 6.45) is 4.59. The number of aryl methyl sites for hydroxylation is 1. The zero-order valence-corrected chi connectivity index (χ0v) is 14.1. The highest BCUT2D eigenvalue weighted by atomic mass is 19.1. The molecule has 0 saturated heterocycles. The molecular weight excluding hydrogens is 329 g/mol. The Morgan fingerprint density at radius 1 is 1.00 bits per heavy atom. The second-order valence-electron chi connectivity index (χ2n) is 6.03. The van der Waals surface area contributed by atoms with Crippen LogP contribution in [0.15, 0.2) is 67.0 Å². The van der Waals surface area contributed by atoms with Gasteiger partial charge in [-0.3, -0.25) is 9.67 Å². The number of nitrogens with zero attached hydrogens (tertiary/aromatic N) is 4. The van der Waals surface area contributed by atoms with Crippen molar-refractivity contribution in [1.29, 1.82) is 0 Å². The molecule has 2 aromatic heterocycles. The zero-order chi connectivity index (χ0) is 17.8. The fraction of sp³-hybridized carbons (Fsp3) is 0.150. The van der Waals surface area contributed by atoms with Crippen molar-refractivity contribution in [3.63, 3.8) is 0 Å². The lowest BCUT2D eigenvalue weighted by Gasteiger charge is -2.08. The summed E-state index contributed by atoms with van der Waals surface area (Å²) in [6.45, 7) is 1.56. The molecule has 0 atom stereocenters. The molecule has 5 nitrogen and oxygen atoms in total. The number of rotatable bonds is 6. The maximum absolute atomic E-state index is 13.0. The second kappa shape index (κ2) is 7.31. The second-order valence-corrected chi connectivity index (χ2v) is 6.03. The molecule has 0 aliphatic heterocycles. The van der Waals surface area contributed by atoms with Gasteiger partial charge in [0.15, 0.2) is 0 Å². The van der Waals surface area contributed by atoms with Crippen molar-refractivity contribution in [3.05, 3.63) is 72.8 Å². The van der Waals surface area contributed by atoms with E-state index in [1.807, 2.05) is 29.1 Å². The van der Waals surface area contributed by atoms with Gasteiger partial charge in [0, 0.05) is 30.2 Å². The number of hydrogen-bond donors (Lipinski definition) is 1. The summed E-state index contributed by atoms with van der Waals surface area (Å²) in [5.41, 5.74) is 3.62. The molecule has 0 aliphatic rings. The van der Waals surface area contributed by atoms with Crippen molar-refractivity contribution in [2.45, 2.75) is 13.0 Å². The fourth-order valence-electron chi connectivity index (χ4n) is 2.87. The Balaban J connectivity index is 1.34. The minimum Gasteiger partial charge on any atom is -0.383 e. The van der Waals surface area contributed by atoms with Crippen molar-refractivity contribution in [3.8, 4) is 11.3 Å². The zero-order valence-electron chi connectivity index (χ0n) is 14.1. The standard InChI is InChI=1S/C20H18FN5/c21-17-9-7-15(8-10-17)19-14-26(25-24-19)13-3-12-22-18-6-1-4-16-5-2-11-23-20(16)18/h1-2,4-11,14,22H,3,12-13H2. The lowest BCUT2D eigenvalue weighted by Crippen LogP contribution is -2.07. The third-order valence-electron chi connectivity index (χ3n) is 4.19. The minimum atomic E-state index is -0.254. The molecule has 130 valence electrons. The molecule has 4 rings (SSSR count). The number of benzene rings is 2. The van der Waals surface area contributed by atoms with Gasteiger partial charge in [-0.25, -0.2) is 4.39 Å². The number of anilines is 1. The van der Waals surface area contributed by atoms with Crippen molar-refractivity contribution in [2.24, 2.45) is 0 Å². The quantitative estimate of drug-likeness (QED) is 0.533. The van der Waals surface area contributed by atoms with Crippen LogP contribution in [0.5, 0.6) is 0 Å². The first-order chi connectivity index (χ1) is 12.8. The third kappa shape index (κ3) is 3.54. The van der Waals surface area contributed by atoms with E-state index in [4.69, 9.17) is 0 Å². The highest BCUT2D eigenvalue weighted by molar-refractivity contribution is 5.90. The van der Waals surface area contributed by atoms with Crippen LogP contribution in [0.2, 0.25) is 0 Å². The van der Waals surface area contributed by atoms with Gasteiger partial charge in [0.25, 0.3) is 0 Å². The van der Waals surface area contributed by atoms with E-state index in [1.165, 1.54) is 12.1 Å². The monoisotopic (exact) mass is 347 g/mol. The molecular formula is C20H18FN5. The number of hydrogen-bond acceptors (Lipinski definition) is 4. The van der Waals surface area contributed by atoms with E-state index in [2.05, 4.69) is 32.7 Å². The Kier molecular flexibility index (Phi) is 4.55. The van der Waals surface area contributed by atoms with Gasteiger partial charge in [0.2, 0.25) is 0 Å². The molecule has 0 aliphatic carbocycles. The summed E-state index contributed by atoms with van der Waals surface area (Å²) in [5.74, 6) is -0.254. The summed E-state index contributed by atoms with van der Waals surface area (Å²) >= 11 is 0. The number of nitrogens with one attached hydrogen (secondary N) is 1. The number of halogens is 1. The number of pyridine rings is 1. The van der Waals surface area contributed by atoms with E-state index in [-0.39, 0.29) is 5.82 Å². The van der Waals surface area contributed by atoms with Crippen LogP contribution >= 0.6 is 0 Å². The first-order valence-corrected chi connectivity index (χ1v) is 8.53. The van der Waals surface area contributed by atoms with Crippen molar-refractivity contribution >= 4 is 16.6 Å². The van der Waals surface area contributed by atoms with Crippen LogP contribution in [-0.4, -0.2) is 26.5 Å². The van der Waals surface area contributed by atoms with Crippen LogP contribution in [0.1, 0.15) is 6.42 Å². The van der Waals surface area contributed by atoms with Gasteiger partial charge < -0.3 is 5.32 Å². The molecule has 2 aromatic carbocycles. The molecule has 0 bridgehead atoms. The Morgan fingerprint density at radius 2 is 1.85 bits per heavy atom. The van der Waals surface area contributed by atoms with Gasteiger partial charge in [0.05, 0.1) is 17.4 Å². The highest BCUT2D eigenvalue weighted by Gasteiger charge is 2.05. The predicted molar refractivity (Wildman–Crippen MR) is 100 cm³/mol. The maximum atomic E-state index is 13.0. The summed E-state index contributed by atoms with van der Waals surface area (Å²) in [7, 11) is 0. The number of aromatic nitrogens is 4. The van der Waals surface area contributed by atoms with Gasteiger partial charge in [-0.15, -0.1) is 5.10 Å². The van der Waals surface area contributed by atoms with Crippen LogP contribution in [0.4, 0.5) is 10.1 Å². The van der Waals surface area contributed by atoms with Gasteiger partial charge in [0.1, 0.15) is 11.5 Å². The number of fused-ring (bicyclic) bond motifs is 1. The smallest absolute Gasteiger partial charge is 0.123 e. The van der Waals surface area contributed by atoms with E-state index in [0.29, 0.717) is 0 Å². The molecule has 0 amide bonds. The first-order valence-electron chi connectivity index (χ1n) is 8.53. The molecule has 0 saturated carbocycles. The van der Waals surface area contributed by atoms with Crippen molar-refractivity contribution in [2.75, 3.05) is 11.9 Å². The highest BCUT2D eigenvalue weighted by Crippen LogP contribution is 2.20. The summed E-state index contributed by atoms with van der Waals surface area (Å²) in [6, 6.07) is 16.4. The third-order valence-corrected chi connectivity index (χ3v) is 4.19. The van der Waals surface area contributed by atoms with E-state index in [1.54, 1.807) is 18.3 Å². The van der Waals surface area contributed by atoms with E-state index in [0.717, 1.165) is 47.4 Å². The SMILES string of the molecule is Fc1ccc(-c2cn(CCCNc3cccc4cccnc34)nn2)cc1. The minimum absolute atomic E-state index is 0.254. The first kappa shape index (κ1) is 16.2.